The molecule has 3 N–H and O–H groups in total. The zero-order valence-electron chi connectivity index (χ0n) is 22.8. The van der Waals surface area contributed by atoms with E-state index in [1.165, 1.54) is 31.9 Å². The van der Waals surface area contributed by atoms with Crippen LogP contribution in [0.25, 0.3) is 11.0 Å². The average Bonchev–Trinajstić information content (AvgIpc) is 2.91. The molecule has 0 radical (unpaired) electrons. The number of carbonyl (C=O) groups excluding carboxylic acids is 1. The largest absolute Gasteiger partial charge is 0.490 e. The van der Waals surface area contributed by atoms with Crippen molar-refractivity contribution in [1.29, 1.82) is 0 Å². The Hall–Kier alpha value is -3.65. The highest BCUT2D eigenvalue weighted by molar-refractivity contribution is 6.63. The predicted molar refractivity (Wildman–Crippen MR) is 160 cm³/mol. The van der Waals surface area contributed by atoms with Crippen LogP contribution in [0.5, 0.6) is 5.75 Å². The van der Waals surface area contributed by atoms with Crippen LogP contribution >= 0.6 is 11.6 Å². The number of benzene rings is 2. The van der Waals surface area contributed by atoms with Gasteiger partial charge in [-0.2, -0.15) is 5.10 Å². The minimum Gasteiger partial charge on any atom is -0.490 e. The molecule has 3 rings (SSSR count). The Bertz CT molecular complexity index is 1380. The number of aliphatic imine (C=N–C) groups is 1. The summed E-state index contributed by atoms with van der Waals surface area (Å²) >= 11 is 5.96. The Morgan fingerprint density at radius 1 is 1.10 bits per heavy atom. The van der Waals surface area contributed by atoms with E-state index in [2.05, 4.69) is 29.3 Å². The molecule has 0 aliphatic rings. The third-order valence-electron chi connectivity index (χ3n) is 6.40. The maximum absolute atomic E-state index is 12.8. The summed E-state index contributed by atoms with van der Waals surface area (Å²) in [6, 6.07) is 12.0. The van der Waals surface area contributed by atoms with E-state index in [1.54, 1.807) is 30.3 Å². The average molecular weight is 553 g/mol. The van der Waals surface area contributed by atoms with Crippen molar-refractivity contribution in [3.8, 4) is 5.75 Å². The molecule has 0 saturated carbocycles. The van der Waals surface area contributed by atoms with E-state index in [-0.39, 0.29) is 17.5 Å². The van der Waals surface area contributed by atoms with Gasteiger partial charge in [0, 0.05) is 16.0 Å². The summed E-state index contributed by atoms with van der Waals surface area (Å²) in [4.78, 5) is 29.7. The molecular formula is C30H37ClN4O4. The number of rotatable bonds is 14. The molecule has 39 heavy (non-hydrogen) atoms. The fourth-order valence-corrected chi connectivity index (χ4v) is 4.47. The molecule has 1 heterocycles. The van der Waals surface area contributed by atoms with E-state index >= 15 is 0 Å². The third kappa shape index (κ3) is 8.68. The van der Waals surface area contributed by atoms with Gasteiger partial charge in [-0.3, -0.25) is 9.79 Å². The van der Waals surface area contributed by atoms with Crippen LogP contribution in [0.3, 0.4) is 0 Å². The quantitative estimate of drug-likeness (QED) is 0.0713. The van der Waals surface area contributed by atoms with Gasteiger partial charge in [-0.15, -0.1) is 0 Å². The summed E-state index contributed by atoms with van der Waals surface area (Å²) < 4.78 is 12.0. The fraction of sp³-hybridized carbons (Fsp3) is 0.400. The van der Waals surface area contributed by atoms with Crippen molar-refractivity contribution in [2.75, 3.05) is 5.32 Å². The highest BCUT2D eigenvalue weighted by Crippen LogP contribution is 2.30. The Morgan fingerprint density at radius 2 is 1.90 bits per heavy atom. The van der Waals surface area contributed by atoms with Gasteiger partial charge in [0.25, 0.3) is 5.91 Å². The number of hydrogen-bond acceptors (Lipinski definition) is 7. The van der Waals surface area contributed by atoms with Gasteiger partial charge in [0.05, 0.1) is 18.0 Å². The van der Waals surface area contributed by atoms with Crippen LogP contribution in [0.15, 0.2) is 61.8 Å². The summed E-state index contributed by atoms with van der Waals surface area (Å²) in [5, 5.41) is 7.16. The van der Waals surface area contributed by atoms with E-state index in [1.807, 2.05) is 19.1 Å². The van der Waals surface area contributed by atoms with E-state index in [0.29, 0.717) is 27.4 Å². The molecular weight excluding hydrogens is 516 g/mol. The van der Waals surface area contributed by atoms with Crippen LogP contribution in [0.2, 0.25) is 5.02 Å². The molecule has 9 heteroatoms. The Labute approximate surface area is 234 Å². The first-order valence-electron chi connectivity index (χ1n) is 13.5. The number of halogens is 1. The topological polar surface area (TPSA) is 119 Å². The van der Waals surface area contributed by atoms with Crippen molar-refractivity contribution in [3.63, 3.8) is 0 Å². The predicted octanol–water partition coefficient (Wildman–Crippen LogP) is 7.32. The van der Waals surface area contributed by atoms with Crippen molar-refractivity contribution in [1.82, 2.24) is 0 Å². The number of ether oxygens (including phenoxy) is 1. The summed E-state index contributed by atoms with van der Waals surface area (Å²) in [7, 11) is 0. The minimum absolute atomic E-state index is 0.0335. The van der Waals surface area contributed by atoms with E-state index < -0.39 is 11.5 Å². The standard InChI is InChI=1S/C30H37ClN4O4/c1-4-6-7-8-9-14-24(11-5-2)38-27-16-15-21-17-25(30(37)39-28(21)20(27)3)34-29(36)26(35-32)19-33-23-13-10-12-22(31)18-23/h10,12-13,15-19,24H,4-9,11,14,32H2,1-3H3,(H,34,36). The molecule has 0 aliphatic heterocycles. The Morgan fingerprint density at radius 3 is 2.62 bits per heavy atom. The molecule has 0 bridgehead atoms. The molecule has 3 aromatic rings. The first kappa shape index (κ1) is 29.9. The number of anilines is 1. The number of aryl methyl sites for hydroxylation is 1. The van der Waals surface area contributed by atoms with Gasteiger partial charge in [-0.1, -0.05) is 63.6 Å². The van der Waals surface area contributed by atoms with Gasteiger partial charge in [0.1, 0.15) is 17.0 Å². The summed E-state index contributed by atoms with van der Waals surface area (Å²) in [5.74, 6) is 5.39. The number of unbranched alkanes of at least 4 members (excludes halogenated alkanes) is 4. The van der Waals surface area contributed by atoms with E-state index in [9.17, 15) is 9.59 Å². The molecule has 208 valence electrons. The smallest absolute Gasteiger partial charge is 0.360 e. The third-order valence-corrected chi connectivity index (χ3v) is 6.63. The molecule has 0 fully saturated rings. The lowest BCUT2D eigenvalue weighted by Gasteiger charge is -2.20. The minimum atomic E-state index is -0.701. The van der Waals surface area contributed by atoms with Gasteiger partial charge in [0.2, 0.25) is 0 Å². The first-order chi connectivity index (χ1) is 18.9. The van der Waals surface area contributed by atoms with E-state index in [0.717, 1.165) is 31.2 Å². The molecule has 1 unspecified atom stereocenters. The fourth-order valence-electron chi connectivity index (χ4n) is 4.29. The molecule has 2 aromatic carbocycles. The number of nitrogens with two attached hydrogens (primary N) is 1. The second kappa shape index (κ2) is 15.1. The van der Waals surface area contributed by atoms with Gasteiger partial charge in [0.15, 0.2) is 5.71 Å². The van der Waals surface area contributed by atoms with Crippen molar-refractivity contribution >= 4 is 51.8 Å². The van der Waals surface area contributed by atoms with Crippen LogP contribution in [-0.2, 0) is 4.79 Å². The number of nitrogens with zero attached hydrogens (tertiary/aromatic N) is 2. The number of hydrazone groups is 1. The highest BCUT2D eigenvalue weighted by atomic mass is 35.5. The molecule has 1 atom stereocenters. The van der Waals surface area contributed by atoms with Crippen LogP contribution in [0.4, 0.5) is 11.4 Å². The van der Waals surface area contributed by atoms with Crippen molar-refractivity contribution in [3.05, 3.63) is 63.5 Å². The second-order valence-corrected chi connectivity index (χ2v) is 9.93. The number of hydrogen-bond donors (Lipinski definition) is 2. The SMILES string of the molecule is CCCCCCCC(CCC)Oc1ccc2cc(NC(=O)C(C=Nc3cccc(Cl)c3)=NN)c(=O)oc2c1C. The molecule has 1 amide bonds. The second-order valence-electron chi connectivity index (χ2n) is 9.49. The molecule has 0 saturated heterocycles. The summed E-state index contributed by atoms with van der Waals surface area (Å²) in [6.45, 7) is 6.24. The zero-order valence-corrected chi connectivity index (χ0v) is 23.6. The van der Waals surface area contributed by atoms with Crippen LogP contribution in [0.1, 0.15) is 70.8 Å². The number of carbonyl (C=O) groups is 1. The zero-order chi connectivity index (χ0) is 28.2. The molecule has 0 aliphatic carbocycles. The van der Waals surface area contributed by atoms with Gasteiger partial charge in [-0.05, 0) is 62.6 Å². The van der Waals surface area contributed by atoms with Crippen molar-refractivity contribution in [2.24, 2.45) is 15.9 Å². The Kier molecular flexibility index (Phi) is 11.6. The first-order valence-corrected chi connectivity index (χ1v) is 13.9. The maximum atomic E-state index is 12.8. The number of nitrogens with one attached hydrogen (secondary N) is 1. The number of fused-ring (bicyclic) bond motifs is 1. The normalized spacial score (nSPS) is 12.7. The lowest BCUT2D eigenvalue weighted by atomic mass is 10.0. The molecule has 0 spiro atoms. The summed E-state index contributed by atoms with van der Waals surface area (Å²) in [6.07, 6.45) is 10.4. The maximum Gasteiger partial charge on any atom is 0.360 e. The van der Waals surface area contributed by atoms with Crippen LogP contribution < -0.4 is 21.5 Å². The monoisotopic (exact) mass is 552 g/mol. The van der Waals surface area contributed by atoms with Gasteiger partial charge in [-0.25, -0.2) is 4.79 Å². The molecule has 8 nitrogen and oxygen atoms in total. The number of amides is 1. The summed E-state index contributed by atoms with van der Waals surface area (Å²) in [5.41, 5.74) is 0.782. The van der Waals surface area contributed by atoms with Crippen molar-refractivity contribution in [2.45, 2.75) is 78.2 Å². The lowest BCUT2D eigenvalue weighted by molar-refractivity contribution is -0.110. The van der Waals surface area contributed by atoms with Crippen molar-refractivity contribution < 1.29 is 13.9 Å². The molecule has 1 aromatic heterocycles. The van der Waals surface area contributed by atoms with E-state index in [4.69, 9.17) is 26.6 Å². The van der Waals surface area contributed by atoms with Crippen LogP contribution in [0, 0.1) is 6.92 Å². The van der Waals surface area contributed by atoms with Crippen LogP contribution in [-0.4, -0.2) is 23.9 Å². The van der Waals surface area contributed by atoms with Gasteiger partial charge < -0.3 is 20.3 Å². The lowest BCUT2D eigenvalue weighted by Crippen LogP contribution is -2.27. The Balaban J connectivity index is 1.74. The van der Waals surface area contributed by atoms with Gasteiger partial charge >= 0.3 is 5.63 Å². The highest BCUT2D eigenvalue weighted by Gasteiger charge is 2.17.